The number of fused-ring (bicyclic) bond motifs is 1. The minimum atomic E-state index is -0.868. The molecule has 5 nitrogen and oxygen atoms in total. The third-order valence-electron chi connectivity index (χ3n) is 4.29. The fourth-order valence-corrected chi connectivity index (χ4v) is 3.37. The lowest BCUT2D eigenvalue weighted by atomic mass is 9.83. The first-order chi connectivity index (χ1) is 10.6. The number of benzene rings is 1. The third-order valence-corrected chi connectivity index (χ3v) is 4.29. The Bertz CT molecular complexity index is 766. The van der Waals surface area contributed by atoms with E-state index in [1.807, 2.05) is 18.2 Å². The van der Waals surface area contributed by atoms with Crippen LogP contribution in [0.25, 0.3) is 10.9 Å². The molecule has 1 amide bonds. The first-order valence-electron chi connectivity index (χ1n) is 7.35. The standard InChI is InChI=1S/C17H17N3O2/c1-11-7-13(10-20(9-11)17(21)22)14-5-4-12(8-18)16-15(14)3-2-6-19-16/h2-6,11,13H,7,9-10H2,1H3,(H,21,22)/t11-,13+/m1/s1. The molecular weight excluding hydrogens is 278 g/mol. The van der Waals surface area contributed by atoms with Crippen LogP contribution >= 0.6 is 0 Å². The maximum Gasteiger partial charge on any atom is 0.407 e. The van der Waals surface area contributed by atoms with Crippen LogP contribution in [0.2, 0.25) is 0 Å². The van der Waals surface area contributed by atoms with Crippen LogP contribution in [0.1, 0.15) is 30.4 Å². The first kappa shape index (κ1) is 14.3. The van der Waals surface area contributed by atoms with E-state index in [0.717, 1.165) is 17.4 Å². The van der Waals surface area contributed by atoms with Crippen molar-refractivity contribution >= 4 is 17.0 Å². The molecule has 1 N–H and O–H groups in total. The van der Waals surface area contributed by atoms with Gasteiger partial charge in [0.15, 0.2) is 0 Å². The van der Waals surface area contributed by atoms with Crippen molar-refractivity contribution in [2.24, 2.45) is 5.92 Å². The van der Waals surface area contributed by atoms with Crippen LogP contribution < -0.4 is 0 Å². The number of carboxylic acid groups (broad SMARTS) is 1. The number of pyridine rings is 1. The van der Waals surface area contributed by atoms with E-state index in [-0.39, 0.29) is 5.92 Å². The van der Waals surface area contributed by atoms with E-state index in [2.05, 4.69) is 18.0 Å². The molecule has 22 heavy (non-hydrogen) atoms. The number of rotatable bonds is 1. The molecule has 1 fully saturated rings. The van der Waals surface area contributed by atoms with Crippen LogP contribution in [0.5, 0.6) is 0 Å². The first-order valence-corrected chi connectivity index (χ1v) is 7.35. The Kier molecular flexibility index (Phi) is 3.68. The van der Waals surface area contributed by atoms with Gasteiger partial charge >= 0.3 is 6.09 Å². The highest BCUT2D eigenvalue weighted by atomic mass is 16.4. The van der Waals surface area contributed by atoms with Crippen molar-refractivity contribution in [3.63, 3.8) is 0 Å². The summed E-state index contributed by atoms with van der Waals surface area (Å²) in [6, 6.07) is 9.72. The molecule has 1 aliphatic heterocycles. The smallest absolute Gasteiger partial charge is 0.407 e. The molecule has 0 spiro atoms. The van der Waals surface area contributed by atoms with Gasteiger partial charge < -0.3 is 10.0 Å². The zero-order valence-corrected chi connectivity index (χ0v) is 12.4. The van der Waals surface area contributed by atoms with E-state index >= 15 is 0 Å². The van der Waals surface area contributed by atoms with Gasteiger partial charge in [-0.25, -0.2) is 4.79 Å². The van der Waals surface area contributed by atoms with E-state index in [1.165, 1.54) is 4.90 Å². The largest absolute Gasteiger partial charge is 0.465 e. The van der Waals surface area contributed by atoms with Gasteiger partial charge in [0.2, 0.25) is 0 Å². The Morgan fingerprint density at radius 2 is 2.23 bits per heavy atom. The molecule has 5 heteroatoms. The van der Waals surface area contributed by atoms with Gasteiger partial charge in [0, 0.05) is 30.6 Å². The van der Waals surface area contributed by atoms with Crippen molar-refractivity contribution in [2.45, 2.75) is 19.3 Å². The number of aromatic nitrogens is 1. The number of piperidine rings is 1. The Morgan fingerprint density at radius 1 is 1.41 bits per heavy atom. The summed E-state index contributed by atoms with van der Waals surface area (Å²) in [7, 11) is 0. The summed E-state index contributed by atoms with van der Waals surface area (Å²) in [6.45, 7) is 3.15. The Balaban J connectivity index is 2.07. The second-order valence-electron chi connectivity index (χ2n) is 5.94. The fraction of sp³-hybridized carbons (Fsp3) is 0.353. The van der Waals surface area contributed by atoms with Gasteiger partial charge in [-0.1, -0.05) is 19.1 Å². The van der Waals surface area contributed by atoms with Crippen molar-refractivity contribution in [1.29, 1.82) is 5.26 Å². The number of likely N-dealkylation sites (tertiary alicyclic amines) is 1. The number of amides is 1. The van der Waals surface area contributed by atoms with Crippen LogP contribution in [-0.4, -0.2) is 34.2 Å². The summed E-state index contributed by atoms with van der Waals surface area (Å²) >= 11 is 0. The number of nitrogens with zero attached hydrogens (tertiary/aromatic N) is 3. The second kappa shape index (κ2) is 5.64. The molecule has 1 aromatic carbocycles. The number of hydrogen-bond donors (Lipinski definition) is 1. The molecule has 0 unspecified atom stereocenters. The predicted molar refractivity (Wildman–Crippen MR) is 82.6 cm³/mol. The highest BCUT2D eigenvalue weighted by Gasteiger charge is 2.29. The highest BCUT2D eigenvalue weighted by molar-refractivity contribution is 5.87. The summed E-state index contributed by atoms with van der Waals surface area (Å²) in [5, 5.41) is 19.5. The molecule has 2 aromatic rings. The lowest BCUT2D eigenvalue weighted by molar-refractivity contribution is 0.116. The number of hydrogen-bond acceptors (Lipinski definition) is 3. The van der Waals surface area contributed by atoms with Gasteiger partial charge in [0.05, 0.1) is 11.1 Å². The highest BCUT2D eigenvalue weighted by Crippen LogP contribution is 2.34. The molecular formula is C17H17N3O2. The summed E-state index contributed by atoms with van der Waals surface area (Å²) in [5.41, 5.74) is 2.33. The monoisotopic (exact) mass is 295 g/mol. The zero-order chi connectivity index (χ0) is 15.7. The van der Waals surface area contributed by atoms with Crippen molar-refractivity contribution in [1.82, 2.24) is 9.88 Å². The predicted octanol–water partition coefficient (Wildman–Crippen LogP) is 3.21. The van der Waals surface area contributed by atoms with Crippen LogP contribution in [0.15, 0.2) is 30.5 Å². The summed E-state index contributed by atoms with van der Waals surface area (Å²) in [4.78, 5) is 17.1. The van der Waals surface area contributed by atoms with Crippen molar-refractivity contribution in [3.8, 4) is 6.07 Å². The molecule has 0 radical (unpaired) electrons. The second-order valence-corrected chi connectivity index (χ2v) is 5.94. The molecule has 0 bridgehead atoms. The van der Waals surface area contributed by atoms with E-state index in [9.17, 15) is 15.2 Å². The van der Waals surface area contributed by atoms with Gasteiger partial charge in [0.25, 0.3) is 0 Å². The SMILES string of the molecule is C[C@@H]1C[C@H](c2ccc(C#N)c3ncccc23)CN(C(=O)O)C1. The third kappa shape index (κ3) is 2.48. The molecule has 3 rings (SSSR count). The van der Waals surface area contributed by atoms with E-state index in [1.54, 1.807) is 12.3 Å². The van der Waals surface area contributed by atoms with Gasteiger partial charge in [-0.3, -0.25) is 4.98 Å². The summed E-state index contributed by atoms with van der Waals surface area (Å²) < 4.78 is 0. The molecule has 1 aliphatic rings. The average Bonchev–Trinajstić information content (AvgIpc) is 2.53. The van der Waals surface area contributed by atoms with Gasteiger partial charge in [-0.2, -0.15) is 5.26 Å². The van der Waals surface area contributed by atoms with E-state index < -0.39 is 6.09 Å². The van der Waals surface area contributed by atoms with Crippen molar-refractivity contribution in [2.75, 3.05) is 13.1 Å². The number of nitriles is 1. The van der Waals surface area contributed by atoms with Gasteiger partial charge in [-0.05, 0) is 30.0 Å². The van der Waals surface area contributed by atoms with Crippen LogP contribution in [0, 0.1) is 17.2 Å². The Morgan fingerprint density at radius 3 is 2.95 bits per heavy atom. The summed E-state index contributed by atoms with van der Waals surface area (Å²) in [6.07, 6.45) is 1.76. The fourth-order valence-electron chi connectivity index (χ4n) is 3.37. The molecule has 112 valence electrons. The number of carbonyl (C=O) groups is 1. The van der Waals surface area contributed by atoms with Gasteiger partial charge in [0.1, 0.15) is 6.07 Å². The Hall–Kier alpha value is -2.61. The zero-order valence-electron chi connectivity index (χ0n) is 12.4. The topological polar surface area (TPSA) is 77.2 Å². The Labute approximate surface area is 128 Å². The minimum absolute atomic E-state index is 0.138. The maximum atomic E-state index is 11.3. The van der Waals surface area contributed by atoms with Crippen LogP contribution in [-0.2, 0) is 0 Å². The molecule has 0 aliphatic carbocycles. The van der Waals surface area contributed by atoms with Crippen molar-refractivity contribution < 1.29 is 9.90 Å². The molecule has 0 saturated carbocycles. The minimum Gasteiger partial charge on any atom is -0.465 e. The van der Waals surface area contributed by atoms with Gasteiger partial charge in [-0.15, -0.1) is 0 Å². The average molecular weight is 295 g/mol. The van der Waals surface area contributed by atoms with Crippen molar-refractivity contribution in [3.05, 3.63) is 41.6 Å². The normalized spacial score (nSPS) is 21.5. The summed E-state index contributed by atoms with van der Waals surface area (Å²) in [5.74, 6) is 0.455. The van der Waals surface area contributed by atoms with Crippen LogP contribution in [0.4, 0.5) is 4.79 Å². The molecule has 1 saturated heterocycles. The maximum absolute atomic E-state index is 11.3. The van der Waals surface area contributed by atoms with E-state index in [0.29, 0.717) is 30.1 Å². The lowest BCUT2D eigenvalue weighted by Gasteiger charge is -2.35. The van der Waals surface area contributed by atoms with E-state index in [4.69, 9.17) is 0 Å². The lowest BCUT2D eigenvalue weighted by Crippen LogP contribution is -2.41. The van der Waals surface area contributed by atoms with Crippen LogP contribution in [0.3, 0.4) is 0 Å². The molecule has 1 aromatic heterocycles. The molecule has 2 atom stereocenters. The quantitative estimate of drug-likeness (QED) is 0.876. The molecule has 2 heterocycles.